The van der Waals surface area contributed by atoms with Gasteiger partial charge in [-0.15, -0.1) is 0 Å². The molecule has 2 saturated heterocycles. The number of carbonyl (C=O) groups is 2. The van der Waals surface area contributed by atoms with Crippen LogP contribution in [-0.4, -0.2) is 43.0 Å². The lowest BCUT2D eigenvalue weighted by Gasteiger charge is -2.37. The maximum absolute atomic E-state index is 13.5. The first-order chi connectivity index (χ1) is 13.6. The van der Waals surface area contributed by atoms with Crippen LogP contribution in [0.2, 0.25) is 0 Å². The van der Waals surface area contributed by atoms with Crippen LogP contribution in [0.15, 0.2) is 41.1 Å². The Labute approximate surface area is 167 Å². The molecule has 5 nitrogen and oxygen atoms in total. The van der Waals surface area contributed by atoms with Crippen LogP contribution in [0.25, 0.3) is 0 Å². The molecule has 2 aliphatic heterocycles. The number of halogens is 1. The summed E-state index contributed by atoms with van der Waals surface area (Å²) >= 11 is 1.57. The number of thiophene rings is 1. The first kappa shape index (κ1) is 19.1. The largest absolute Gasteiger partial charge is 0.381 e. The second-order valence-electron chi connectivity index (χ2n) is 7.61. The zero-order valence-corrected chi connectivity index (χ0v) is 16.3. The van der Waals surface area contributed by atoms with Crippen LogP contribution in [0.1, 0.15) is 18.4 Å². The van der Waals surface area contributed by atoms with Gasteiger partial charge in [0.15, 0.2) is 0 Å². The molecule has 3 heterocycles. The SMILES string of the molecule is O=C(Nc1cccc(F)c1)[C@H]1CN(C(=O)Cc2ccsc2)CC12CCOCC2. The van der Waals surface area contributed by atoms with Crippen LogP contribution in [0.3, 0.4) is 0 Å². The molecule has 0 radical (unpaired) electrons. The van der Waals surface area contributed by atoms with Gasteiger partial charge in [0.25, 0.3) is 0 Å². The first-order valence-corrected chi connectivity index (χ1v) is 10.4. The Balaban J connectivity index is 1.51. The summed E-state index contributed by atoms with van der Waals surface area (Å²) in [5.74, 6) is -0.827. The van der Waals surface area contributed by atoms with E-state index in [0.29, 0.717) is 38.4 Å². The predicted octanol–water partition coefficient (Wildman–Crippen LogP) is 3.32. The normalized spacial score (nSPS) is 21.0. The highest BCUT2D eigenvalue weighted by atomic mass is 32.1. The van der Waals surface area contributed by atoms with E-state index in [9.17, 15) is 14.0 Å². The lowest BCUT2D eigenvalue weighted by atomic mass is 9.71. The van der Waals surface area contributed by atoms with Crippen LogP contribution in [0.5, 0.6) is 0 Å². The molecule has 1 atom stereocenters. The molecule has 28 heavy (non-hydrogen) atoms. The third kappa shape index (κ3) is 3.95. The van der Waals surface area contributed by atoms with Gasteiger partial charge in [-0.25, -0.2) is 4.39 Å². The number of rotatable bonds is 4. The molecule has 2 aliphatic rings. The van der Waals surface area contributed by atoms with E-state index in [1.165, 1.54) is 12.1 Å². The van der Waals surface area contributed by atoms with E-state index in [2.05, 4.69) is 5.32 Å². The molecule has 2 aromatic rings. The van der Waals surface area contributed by atoms with Gasteiger partial charge in [0.1, 0.15) is 5.82 Å². The fraction of sp³-hybridized carbons (Fsp3) is 0.429. The first-order valence-electron chi connectivity index (χ1n) is 9.49. The van der Waals surface area contributed by atoms with Crippen LogP contribution >= 0.6 is 11.3 Å². The van der Waals surface area contributed by atoms with Gasteiger partial charge in [0, 0.05) is 37.4 Å². The van der Waals surface area contributed by atoms with Crippen molar-refractivity contribution in [3.05, 3.63) is 52.5 Å². The topological polar surface area (TPSA) is 58.6 Å². The maximum atomic E-state index is 13.5. The third-order valence-corrected chi connectivity index (χ3v) is 6.57. The van der Waals surface area contributed by atoms with Crippen LogP contribution in [-0.2, 0) is 20.7 Å². The number of benzene rings is 1. The van der Waals surface area contributed by atoms with Gasteiger partial charge in [-0.1, -0.05) is 6.07 Å². The van der Waals surface area contributed by atoms with Crippen LogP contribution < -0.4 is 5.32 Å². The summed E-state index contributed by atoms with van der Waals surface area (Å²) in [6, 6.07) is 7.85. The number of ether oxygens (including phenoxy) is 1. The van der Waals surface area contributed by atoms with E-state index >= 15 is 0 Å². The van der Waals surface area contributed by atoms with Crippen molar-refractivity contribution >= 4 is 28.8 Å². The van der Waals surface area contributed by atoms with Crippen molar-refractivity contribution in [1.82, 2.24) is 4.90 Å². The van der Waals surface area contributed by atoms with Crippen molar-refractivity contribution in [1.29, 1.82) is 0 Å². The van der Waals surface area contributed by atoms with Gasteiger partial charge >= 0.3 is 0 Å². The van der Waals surface area contributed by atoms with Crippen molar-refractivity contribution in [2.45, 2.75) is 19.3 Å². The highest BCUT2D eigenvalue weighted by Gasteiger charge is 2.51. The molecule has 0 aliphatic carbocycles. The highest BCUT2D eigenvalue weighted by molar-refractivity contribution is 7.08. The van der Waals surface area contributed by atoms with Crippen molar-refractivity contribution < 1.29 is 18.7 Å². The van der Waals surface area contributed by atoms with Crippen LogP contribution in [0.4, 0.5) is 10.1 Å². The van der Waals surface area contributed by atoms with E-state index in [1.807, 2.05) is 21.7 Å². The number of carbonyl (C=O) groups excluding carboxylic acids is 2. The molecule has 1 aromatic carbocycles. The number of nitrogens with one attached hydrogen (secondary N) is 1. The zero-order chi connectivity index (χ0) is 19.6. The monoisotopic (exact) mass is 402 g/mol. The van der Waals surface area contributed by atoms with Gasteiger partial charge in [0.2, 0.25) is 11.8 Å². The number of amides is 2. The van der Waals surface area contributed by atoms with Gasteiger partial charge in [-0.2, -0.15) is 11.3 Å². The molecule has 0 unspecified atom stereocenters. The molecule has 1 spiro atoms. The van der Waals surface area contributed by atoms with Gasteiger partial charge < -0.3 is 15.0 Å². The van der Waals surface area contributed by atoms with Gasteiger partial charge in [0.05, 0.1) is 12.3 Å². The van der Waals surface area contributed by atoms with E-state index < -0.39 is 5.82 Å². The molecule has 148 valence electrons. The Morgan fingerprint density at radius 2 is 2.11 bits per heavy atom. The Hall–Kier alpha value is -2.25. The number of hydrogen-bond donors (Lipinski definition) is 1. The second kappa shape index (κ2) is 8.01. The minimum Gasteiger partial charge on any atom is -0.381 e. The molecular weight excluding hydrogens is 379 g/mol. The highest BCUT2D eigenvalue weighted by Crippen LogP contribution is 2.45. The third-order valence-electron chi connectivity index (χ3n) is 5.83. The lowest BCUT2D eigenvalue weighted by Crippen LogP contribution is -2.42. The van der Waals surface area contributed by atoms with E-state index in [0.717, 1.165) is 18.4 Å². The summed E-state index contributed by atoms with van der Waals surface area (Å²) in [7, 11) is 0. The number of anilines is 1. The van der Waals surface area contributed by atoms with Crippen LogP contribution in [0, 0.1) is 17.2 Å². The quantitative estimate of drug-likeness (QED) is 0.854. The van der Waals surface area contributed by atoms with E-state index in [1.54, 1.807) is 23.5 Å². The Bertz CT molecular complexity index is 849. The number of likely N-dealkylation sites (tertiary alicyclic amines) is 1. The second-order valence-corrected chi connectivity index (χ2v) is 8.39. The average Bonchev–Trinajstić information content (AvgIpc) is 3.31. The molecule has 2 fully saturated rings. The Morgan fingerprint density at radius 3 is 2.82 bits per heavy atom. The fourth-order valence-corrected chi connectivity index (χ4v) is 4.95. The average molecular weight is 402 g/mol. The smallest absolute Gasteiger partial charge is 0.229 e. The molecule has 1 aromatic heterocycles. The summed E-state index contributed by atoms with van der Waals surface area (Å²) in [6.07, 6.45) is 1.85. The minimum atomic E-state index is -0.391. The Kier molecular flexibility index (Phi) is 5.46. The van der Waals surface area contributed by atoms with Gasteiger partial charge in [-0.05, 0) is 53.4 Å². The fourth-order valence-electron chi connectivity index (χ4n) is 4.28. The Morgan fingerprint density at radius 1 is 1.29 bits per heavy atom. The van der Waals surface area contributed by atoms with E-state index in [-0.39, 0.29) is 23.1 Å². The van der Waals surface area contributed by atoms with Crippen molar-refractivity contribution in [3.8, 4) is 0 Å². The molecule has 0 bridgehead atoms. The van der Waals surface area contributed by atoms with E-state index in [4.69, 9.17) is 4.74 Å². The minimum absolute atomic E-state index is 0.0466. The summed E-state index contributed by atoms with van der Waals surface area (Å²) in [6.45, 7) is 2.15. The van der Waals surface area contributed by atoms with Crippen molar-refractivity contribution in [2.24, 2.45) is 11.3 Å². The molecule has 7 heteroatoms. The molecule has 4 rings (SSSR count). The summed E-state index contributed by atoms with van der Waals surface area (Å²) in [5, 5.41) is 6.78. The molecule has 1 N–H and O–H groups in total. The molecule has 0 saturated carbocycles. The maximum Gasteiger partial charge on any atom is 0.229 e. The number of nitrogens with zero attached hydrogens (tertiary/aromatic N) is 1. The summed E-state index contributed by atoms with van der Waals surface area (Å²) < 4.78 is 19.0. The summed E-state index contributed by atoms with van der Waals surface area (Å²) in [5.41, 5.74) is 1.17. The zero-order valence-electron chi connectivity index (χ0n) is 15.5. The molecule has 2 amide bonds. The van der Waals surface area contributed by atoms with Gasteiger partial charge in [-0.3, -0.25) is 9.59 Å². The standard InChI is InChI=1S/C21H23FN2O3S/c22-16-2-1-3-17(11-16)23-20(26)18-12-24(14-21(18)5-7-27-8-6-21)19(25)10-15-4-9-28-13-15/h1-4,9,11,13,18H,5-8,10,12,14H2,(H,23,26)/t18-/m1/s1. The van der Waals surface area contributed by atoms with Crippen molar-refractivity contribution in [3.63, 3.8) is 0 Å². The predicted molar refractivity (Wildman–Crippen MR) is 106 cm³/mol. The van der Waals surface area contributed by atoms with Crippen molar-refractivity contribution in [2.75, 3.05) is 31.6 Å². The number of hydrogen-bond acceptors (Lipinski definition) is 4. The summed E-state index contributed by atoms with van der Waals surface area (Å²) in [4.78, 5) is 27.7. The molecular formula is C21H23FN2O3S. The lowest BCUT2D eigenvalue weighted by molar-refractivity contribution is -0.130.